The third-order valence-corrected chi connectivity index (χ3v) is 3.29. The van der Waals surface area contributed by atoms with Crippen molar-refractivity contribution >= 4 is 23.8 Å². The highest BCUT2D eigenvalue weighted by molar-refractivity contribution is 6.17. The van der Waals surface area contributed by atoms with Crippen molar-refractivity contribution in [3.8, 4) is 0 Å². The Bertz CT molecular complexity index is 542. The van der Waals surface area contributed by atoms with Crippen LogP contribution in [0.2, 0.25) is 0 Å². The van der Waals surface area contributed by atoms with Gasteiger partial charge in [-0.2, -0.15) is 0 Å². The van der Waals surface area contributed by atoms with Crippen LogP contribution in [0.25, 0.3) is 0 Å². The lowest BCUT2D eigenvalue weighted by Crippen LogP contribution is -2.60. The fraction of sp³-hybridized carbons (Fsp3) is 0.467. The van der Waals surface area contributed by atoms with E-state index in [4.69, 9.17) is 0 Å². The van der Waals surface area contributed by atoms with E-state index in [1.54, 1.807) is 6.92 Å². The van der Waals surface area contributed by atoms with Crippen LogP contribution in [0.5, 0.6) is 0 Å². The highest BCUT2D eigenvalue weighted by Crippen LogP contribution is 2.17. The summed E-state index contributed by atoms with van der Waals surface area (Å²) in [4.78, 5) is 48.5. The molecule has 0 unspecified atom stereocenters. The molecule has 1 rings (SSSR count). The summed E-state index contributed by atoms with van der Waals surface area (Å²) in [6, 6.07) is -0.779. The zero-order chi connectivity index (χ0) is 17.4. The summed E-state index contributed by atoms with van der Waals surface area (Å²) in [5, 5.41) is 2.12. The number of unbranched alkanes of at least 4 members (excludes halogenated alkanes) is 1. The lowest BCUT2D eigenvalue weighted by atomic mass is 10.0. The number of hydrazine groups is 1. The smallest absolute Gasteiger partial charge is 0.302 e. The predicted octanol–water partition coefficient (Wildman–Crippen LogP) is 0.582. The molecule has 3 N–H and O–H groups in total. The molecule has 8 nitrogen and oxygen atoms in total. The second-order valence-corrected chi connectivity index (χ2v) is 4.99. The van der Waals surface area contributed by atoms with Gasteiger partial charge in [0.2, 0.25) is 17.7 Å². The zero-order valence-corrected chi connectivity index (χ0v) is 13.3. The van der Waals surface area contributed by atoms with E-state index in [0.29, 0.717) is 6.42 Å². The molecule has 0 radical (unpaired) electrons. The van der Waals surface area contributed by atoms with E-state index >= 15 is 0 Å². The average molecular weight is 322 g/mol. The number of allylic oxidation sites excluding steroid dienone is 1. The molecular formula is C15H22N4O4. The Kier molecular flexibility index (Phi) is 6.98. The van der Waals surface area contributed by atoms with Crippen LogP contribution in [0.4, 0.5) is 4.79 Å². The van der Waals surface area contributed by atoms with Crippen molar-refractivity contribution in [2.24, 2.45) is 5.92 Å². The topological polar surface area (TPSA) is 108 Å². The Labute approximate surface area is 134 Å². The maximum atomic E-state index is 12.4. The summed E-state index contributed by atoms with van der Waals surface area (Å²) in [5.41, 5.74) is 5.26. The van der Waals surface area contributed by atoms with E-state index < -0.39 is 23.8 Å². The highest BCUT2D eigenvalue weighted by atomic mass is 16.2. The van der Waals surface area contributed by atoms with Gasteiger partial charge in [0.1, 0.15) is 0 Å². The van der Waals surface area contributed by atoms with Crippen molar-refractivity contribution in [1.29, 1.82) is 0 Å². The molecule has 8 heteroatoms. The number of carbonyl (C=O) groups excluding carboxylic acids is 4. The van der Waals surface area contributed by atoms with Crippen LogP contribution in [-0.2, 0) is 14.4 Å². The maximum absolute atomic E-state index is 12.4. The van der Waals surface area contributed by atoms with Crippen molar-refractivity contribution in [3.63, 3.8) is 0 Å². The lowest BCUT2D eigenvalue weighted by Gasteiger charge is -2.30. The number of nitrogens with zero attached hydrogens (tertiary/aromatic N) is 1. The molecule has 0 aromatic rings. The average Bonchev–Trinajstić information content (AvgIpc) is 2.52. The third kappa shape index (κ3) is 4.67. The Hall–Kier alpha value is -2.64. The first kappa shape index (κ1) is 18.4. The van der Waals surface area contributed by atoms with Crippen LogP contribution >= 0.6 is 0 Å². The number of hydrogen-bond acceptors (Lipinski definition) is 5. The summed E-state index contributed by atoms with van der Waals surface area (Å²) in [6.07, 6.45) is 4.85. The first-order valence-electron chi connectivity index (χ1n) is 7.44. The standard InChI is InChI=1S/C15H22N4O4/c1-4-7-8-11(20)18-17-10(6-3)12-13(21)16-15(23)19(9-5-2)14(12)22/h5-6,12,17H,2,4,7-9H2,1,3H3,(H,18,20)(H,16,21,23)/b10-6+/t12-/m0/s1. The Morgan fingerprint density at radius 1 is 1.35 bits per heavy atom. The SMILES string of the molecule is C=CCN1C(=O)NC(=O)[C@H](/C(=C\C)NNC(=O)CCCC)C1=O. The predicted molar refractivity (Wildman–Crippen MR) is 83.5 cm³/mol. The molecule has 23 heavy (non-hydrogen) atoms. The van der Waals surface area contributed by atoms with Crippen LogP contribution in [-0.4, -0.2) is 35.2 Å². The molecule has 5 amide bonds. The van der Waals surface area contributed by atoms with Gasteiger partial charge in [-0.05, 0) is 13.3 Å². The molecule has 1 heterocycles. The van der Waals surface area contributed by atoms with Gasteiger partial charge in [-0.25, -0.2) is 4.79 Å². The lowest BCUT2D eigenvalue weighted by molar-refractivity contribution is -0.141. The number of barbiturate groups is 1. The molecule has 1 saturated heterocycles. The van der Waals surface area contributed by atoms with Crippen LogP contribution in [0.15, 0.2) is 24.4 Å². The minimum absolute atomic E-state index is 0.00565. The molecule has 1 atom stereocenters. The largest absolute Gasteiger partial charge is 0.331 e. The molecule has 0 aliphatic carbocycles. The molecule has 0 aromatic heterocycles. The van der Waals surface area contributed by atoms with Gasteiger partial charge in [0.25, 0.3) is 0 Å². The van der Waals surface area contributed by atoms with Crippen LogP contribution in [0, 0.1) is 5.92 Å². The molecule has 0 spiro atoms. The van der Waals surface area contributed by atoms with Crippen LogP contribution in [0.3, 0.4) is 0 Å². The molecular weight excluding hydrogens is 300 g/mol. The molecule has 0 saturated carbocycles. The molecule has 1 aliphatic heterocycles. The highest BCUT2D eigenvalue weighted by Gasteiger charge is 2.42. The van der Waals surface area contributed by atoms with Crippen LogP contribution < -0.4 is 16.2 Å². The summed E-state index contributed by atoms with van der Waals surface area (Å²) in [5.74, 6) is -2.86. The summed E-state index contributed by atoms with van der Waals surface area (Å²) >= 11 is 0. The van der Waals surface area contributed by atoms with Gasteiger partial charge >= 0.3 is 6.03 Å². The second kappa shape index (κ2) is 8.72. The molecule has 126 valence electrons. The first-order chi connectivity index (χ1) is 11.0. The minimum Gasteiger partial charge on any atom is -0.302 e. The summed E-state index contributed by atoms with van der Waals surface area (Å²) in [7, 11) is 0. The fourth-order valence-corrected chi connectivity index (χ4v) is 2.04. The van der Waals surface area contributed by atoms with Crippen molar-refractivity contribution in [2.45, 2.75) is 33.1 Å². The summed E-state index contributed by atoms with van der Waals surface area (Å²) < 4.78 is 0. The van der Waals surface area contributed by atoms with Gasteiger partial charge in [-0.1, -0.05) is 25.5 Å². The number of urea groups is 1. The molecule has 1 fully saturated rings. The minimum atomic E-state index is -1.22. The quantitative estimate of drug-likeness (QED) is 0.344. The number of amides is 5. The van der Waals surface area contributed by atoms with Gasteiger partial charge in [0.15, 0.2) is 5.92 Å². The number of hydrogen-bond donors (Lipinski definition) is 3. The number of nitrogens with one attached hydrogen (secondary N) is 3. The Balaban J connectivity index is 2.81. The van der Waals surface area contributed by atoms with Crippen molar-refractivity contribution in [2.75, 3.05) is 6.54 Å². The van der Waals surface area contributed by atoms with Crippen LogP contribution in [0.1, 0.15) is 33.1 Å². The number of carbonyl (C=O) groups is 4. The maximum Gasteiger partial charge on any atom is 0.331 e. The van der Waals surface area contributed by atoms with Gasteiger partial charge in [-0.3, -0.25) is 30.0 Å². The Morgan fingerprint density at radius 3 is 2.61 bits per heavy atom. The van der Waals surface area contributed by atoms with E-state index in [2.05, 4.69) is 22.7 Å². The molecule has 0 bridgehead atoms. The van der Waals surface area contributed by atoms with Crippen molar-refractivity contribution < 1.29 is 19.2 Å². The van der Waals surface area contributed by atoms with E-state index in [1.807, 2.05) is 6.92 Å². The van der Waals surface area contributed by atoms with Gasteiger partial charge in [-0.15, -0.1) is 6.58 Å². The van der Waals surface area contributed by atoms with Crippen molar-refractivity contribution in [1.82, 2.24) is 21.1 Å². The third-order valence-electron chi connectivity index (χ3n) is 3.29. The monoisotopic (exact) mass is 322 g/mol. The van der Waals surface area contributed by atoms with E-state index in [-0.39, 0.29) is 18.1 Å². The molecule has 1 aliphatic rings. The van der Waals surface area contributed by atoms with Gasteiger partial charge in [0.05, 0.1) is 0 Å². The second-order valence-electron chi connectivity index (χ2n) is 4.99. The zero-order valence-electron chi connectivity index (χ0n) is 13.3. The first-order valence-corrected chi connectivity index (χ1v) is 7.44. The van der Waals surface area contributed by atoms with E-state index in [9.17, 15) is 19.2 Å². The van der Waals surface area contributed by atoms with Gasteiger partial charge in [0, 0.05) is 18.7 Å². The van der Waals surface area contributed by atoms with E-state index in [1.165, 1.54) is 12.2 Å². The molecule has 0 aromatic carbocycles. The number of imide groups is 2. The fourth-order valence-electron chi connectivity index (χ4n) is 2.04. The van der Waals surface area contributed by atoms with E-state index in [0.717, 1.165) is 17.7 Å². The Morgan fingerprint density at radius 2 is 2.04 bits per heavy atom. The number of rotatable bonds is 8. The van der Waals surface area contributed by atoms with Gasteiger partial charge < -0.3 is 5.43 Å². The summed E-state index contributed by atoms with van der Waals surface area (Å²) in [6.45, 7) is 7.06. The normalized spacial score (nSPS) is 18.5. The van der Waals surface area contributed by atoms with Crippen molar-refractivity contribution in [3.05, 3.63) is 24.4 Å².